The van der Waals surface area contributed by atoms with Gasteiger partial charge in [0.15, 0.2) is 29.7 Å². The molecule has 57 heavy (non-hydrogen) atoms. The highest BCUT2D eigenvalue weighted by atomic mass is 32.2. The van der Waals surface area contributed by atoms with Crippen LogP contribution in [0.2, 0.25) is 0 Å². The van der Waals surface area contributed by atoms with Crippen LogP contribution in [0.1, 0.15) is 38.5 Å². The number of piperidine rings is 2. The zero-order chi connectivity index (χ0) is 40.7. The van der Waals surface area contributed by atoms with Crippen LogP contribution in [-0.4, -0.2) is 111 Å². The van der Waals surface area contributed by atoms with Crippen molar-refractivity contribution in [2.24, 2.45) is 22.1 Å². The number of nitrogens with zero attached hydrogens (tertiary/aromatic N) is 6. The maximum Gasteiger partial charge on any atom is 0.274 e. The molecule has 0 unspecified atom stereocenters. The summed E-state index contributed by atoms with van der Waals surface area (Å²) in [4.78, 5) is 23.7. The van der Waals surface area contributed by atoms with Crippen molar-refractivity contribution in [2.75, 3.05) is 94.8 Å². The van der Waals surface area contributed by atoms with Crippen molar-refractivity contribution in [3.8, 4) is 23.0 Å². The lowest BCUT2D eigenvalue weighted by molar-refractivity contribution is 0.315. The second-order valence-electron chi connectivity index (χ2n) is 14.0. The Morgan fingerprint density at radius 2 is 1.07 bits per heavy atom. The first-order valence-corrected chi connectivity index (χ1v) is 21.8. The summed E-state index contributed by atoms with van der Waals surface area (Å²) in [6.45, 7) is 3.50. The van der Waals surface area contributed by atoms with Gasteiger partial charge in [-0.15, -0.1) is 0 Å². The Hall–Kier alpha value is -4.74. The van der Waals surface area contributed by atoms with Gasteiger partial charge < -0.3 is 39.4 Å². The van der Waals surface area contributed by atoms with Crippen LogP contribution in [-0.2, 0) is 20.4 Å². The average Bonchev–Trinajstić information content (AvgIpc) is 3.19. The molecule has 20 nitrogen and oxygen atoms in total. The van der Waals surface area contributed by atoms with Gasteiger partial charge in [0.05, 0.1) is 32.4 Å². The molecule has 2 aliphatic rings. The van der Waals surface area contributed by atoms with Crippen molar-refractivity contribution in [1.29, 1.82) is 0 Å². The number of hydrogen-bond donors (Lipinski definition) is 6. The van der Waals surface area contributed by atoms with E-state index in [2.05, 4.69) is 29.9 Å². The minimum atomic E-state index is -3.73. The van der Waals surface area contributed by atoms with Crippen LogP contribution < -0.4 is 59.1 Å². The zero-order valence-electron chi connectivity index (χ0n) is 32.6. The lowest BCUT2D eigenvalue weighted by atomic mass is 9.93. The summed E-state index contributed by atoms with van der Waals surface area (Å²) >= 11 is 0. The third kappa shape index (κ3) is 10.8. The Morgan fingerprint density at radius 1 is 0.649 bits per heavy atom. The van der Waals surface area contributed by atoms with E-state index < -0.39 is 20.4 Å². The molecule has 4 aromatic rings. The topological polar surface area (TPSA) is 263 Å². The lowest BCUT2D eigenvalue weighted by Crippen LogP contribution is -2.37. The van der Waals surface area contributed by atoms with Gasteiger partial charge in [-0.2, -0.15) is 26.8 Å². The summed E-state index contributed by atoms with van der Waals surface area (Å²) in [5.41, 5.74) is 1.31. The normalized spacial score (nSPS) is 15.9. The second-order valence-corrected chi connectivity index (χ2v) is 16.8. The quantitative estimate of drug-likeness (QED) is 0.0782. The molecule has 0 amide bonds. The molecule has 0 aliphatic carbocycles. The predicted molar refractivity (Wildman–Crippen MR) is 219 cm³/mol. The van der Waals surface area contributed by atoms with Gasteiger partial charge in [-0.3, -0.25) is 0 Å². The Morgan fingerprint density at radius 3 is 1.53 bits per heavy atom. The Kier molecular flexibility index (Phi) is 13.4. The molecular formula is C35H52N12O8S2. The van der Waals surface area contributed by atoms with E-state index in [1.54, 1.807) is 28.4 Å². The summed E-state index contributed by atoms with van der Waals surface area (Å²) in [5, 5.41) is 18.1. The fourth-order valence-electron chi connectivity index (χ4n) is 7.36. The first-order valence-electron chi connectivity index (χ1n) is 18.7. The third-order valence-corrected chi connectivity index (χ3v) is 11.6. The Balaban J connectivity index is 1.19. The fraction of sp³-hybridized carbons (Fsp3) is 0.543. The smallest absolute Gasteiger partial charge is 0.274 e. The molecule has 0 bridgehead atoms. The summed E-state index contributed by atoms with van der Waals surface area (Å²) in [6, 6.07) is 7.38. The van der Waals surface area contributed by atoms with E-state index in [0.717, 1.165) is 61.2 Å². The minimum Gasteiger partial charge on any atom is -0.493 e. The Bertz CT molecular complexity index is 2250. The van der Waals surface area contributed by atoms with E-state index in [4.69, 9.17) is 49.2 Å². The first kappa shape index (κ1) is 41.9. The molecule has 2 aromatic heterocycles. The number of aromatic nitrogens is 4. The summed E-state index contributed by atoms with van der Waals surface area (Å²) in [5.74, 6) is 5.01. The van der Waals surface area contributed by atoms with Gasteiger partial charge in [-0.05, 0) is 62.5 Å². The highest BCUT2D eigenvalue weighted by Crippen LogP contribution is 2.39. The average molecular weight is 833 g/mol. The zero-order valence-corrected chi connectivity index (χ0v) is 34.2. The molecule has 2 saturated heterocycles. The number of nitrogens with two attached hydrogens (primary N) is 2. The van der Waals surface area contributed by atoms with Gasteiger partial charge in [0.1, 0.15) is 11.6 Å². The molecule has 0 radical (unpaired) electrons. The number of benzene rings is 2. The van der Waals surface area contributed by atoms with Crippen molar-refractivity contribution in [3.05, 3.63) is 24.3 Å². The van der Waals surface area contributed by atoms with E-state index in [9.17, 15) is 16.8 Å². The van der Waals surface area contributed by atoms with Crippen molar-refractivity contribution in [3.63, 3.8) is 0 Å². The molecule has 2 aliphatic heterocycles. The number of ether oxygens (including phenoxy) is 4. The van der Waals surface area contributed by atoms with Gasteiger partial charge in [-0.25, -0.2) is 29.7 Å². The van der Waals surface area contributed by atoms with E-state index in [0.29, 0.717) is 96.8 Å². The highest BCUT2D eigenvalue weighted by Gasteiger charge is 2.26. The van der Waals surface area contributed by atoms with Crippen LogP contribution in [0.4, 0.5) is 23.5 Å². The van der Waals surface area contributed by atoms with Crippen molar-refractivity contribution in [1.82, 2.24) is 29.4 Å². The summed E-state index contributed by atoms with van der Waals surface area (Å²) < 4.78 is 73.2. The number of anilines is 4. The van der Waals surface area contributed by atoms with Crippen LogP contribution >= 0.6 is 0 Å². The van der Waals surface area contributed by atoms with E-state index >= 15 is 0 Å². The number of methoxy groups -OCH3 is 3. The third-order valence-electron chi connectivity index (χ3n) is 10.4. The summed E-state index contributed by atoms with van der Waals surface area (Å²) in [7, 11) is -0.943. The molecule has 4 heterocycles. The van der Waals surface area contributed by atoms with Crippen LogP contribution in [0.5, 0.6) is 23.0 Å². The lowest BCUT2D eigenvalue weighted by Gasteiger charge is -2.33. The van der Waals surface area contributed by atoms with E-state index in [1.165, 1.54) is 0 Å². The number of fused-ring (bicyclic) bond motifs is 2. The molecule has 0 spiro atoms. The standard InChI is InChI=1S/C35H52N12O8S2/c1-38-34-42-27-20-31(29(53-3)18-25(27)32(44-34)46-13-7-22(8-14-46)5-11-40-56(36,48)49)55-21-39-35-43-26-19-30(54-4)28(52-2)17-24(26)33(45-35)47-15-9-23(10-16-47)6-12-41-57(37,50)51/h17-20,22-23,40-41H,5-16,21H2,1-4H3,(H2,36,48,49)(H2,37,50,51)(H,38,42,44)(H,39,43,45). The van der Waals surface area contributed by atoms with Crippen LogP contribution in [0.15, 0.2) is 24.3 Å². The maximum atomic E-state index is 11.3. The van der Waals surface area contributed by atoms with Gasteiger partial charge in [0.25, 0.3) is 20.4 Å². The molecule has 0 saturated carbocycles. The number of rotatable bonds is 18. The van der Waals surface area contributed by atoms with Gasteiger partial charge in [0, 0.05) is 69.2 Å². The first-order chi connectivity index (χ1) is 27.3. The van der Waals surface area contributed by atoms with Crippen LogP contribution in [0.3, 0.4) is 0 Å². The maximum absolute atomic E-state index is 11.3. The molecule has 6 rings (SSSR count). The predicted octanol–water partition coefficient (Wildman–Crippen LogP) is 1.89. The van der Waals surface area contributed by atoms with Gasteiger partial charge in [-0.1, -0.05) is 0 Å². The largest absolute Gasteiger partial charge is 0.493 e. The number of hydrogen-bond acceptors (Lipinski definition) is 16. The molecule has 2 fully saturated rings. The molecule has 0 atom stereocenters. The SMILES string of the molecule is CNc1nc(N2CCC(CCNS(N)(=O)=O)CC2)c2cc(OC)c(OCNc3nc(N4CCC(CCNS(N)(=O)=O)CC4)c4cc(OC)c(OC)cc4n3)cc2n1. The number of nitrogens with one attached hydrogen (secondary N) is 4. The second kappa shape index (κ2) is 18.2. The van der Waals surface area contributed by atoms with Gasteiger partial charge >= 0.3 is 0 Å². The van der Waals surface area contributed by atoms with Crippen molar-refractivity contribution >= 4 is 65.8 Å². The summed E-state index contributed by atoms with van der Waals surface area (Å²) in [6.07, 6.45) is 4.83. The molecular weight excluding hydrogens is 781 g/mol. The fourth-order valence-corrected chi connectivity index (χ4v) is 8.17. The van der Waals surface area contributed by atoms with Crippen molar-refractivity contribution < 1.29 is 35.8 Å². The monoisotopic (exact) mass is 832 g/mol. The highest BCUT2D eigenvalue weighted by molar-refractivity contribution is 7.87. The molecule has 22 heteroatoms. The van der Waals surface area contributed by atoms with E-state index in [-0.39, 0.29) is 6.73 Å². The minimum absolute atomic E-state index is 0.00385. The van der Waals surface area contributed by atoms with Crippen molar-refractivity contribution in [2.45, 2.75) is 38.5 Å². The molecule has 8 N–H and O–H groups in total. The van der Waals surface area contributed by atoms with Crippen LogP contribution in [0.25, 0.3) is 21.8 Å². The molecule has 2 aromatic carbocycles. The molecule has 312 valence electrons. The van der Waals surface area contributed by atoms with Crippen LogP contribution in [0, 0.1) is 11.8 Å². The van der Waals surface area contributed by atoms with E-state index in [1.807, 2.05) is 24.3 Å². The Labute approximate surface area is 332 Å². The van der Waals surface area contributed by atoms with Gasteiger partial charge in [0.2, 0.25) is 11.9 Å².